The van der Waals surface area contributed by atoms with Crippen molar-refractivity contribution in [2.45, 2.75) is 0 Å². The first-order valence-electron chi connectivity index (χ1n) is 12.6. The molecule has 0 aromatic heterocycles. The second-order valence-electron chi connectivity index (χ2n) is 9.45. The molecule has 0 radical (unpaired) electrons. The van der Waals surface area contributed by atoms with Gasteiger partial charge in [-0.15, -0.1) is 0 Å². The van der Waals surface area contributed by atoms with Gasteiger partial charge >= 0.3 is 0 Å². The zero-order valence-electron chi connectivity index (χ0n) is 20.2. The van der Waals surface area contributed by atoms with Crippen molar-refractivity contribution >= 4 is 48.2 Å². The van der Waals surface area contributed by atoms with Crippen LogP contribution in [-0.2, 0) is 0 Å². The highest BCUT2D eigenvalue weighted by molar-refractivity contribution is 9.10. The van der Waals surface area contributed by atoms with Crippen molar-refractivity contribution in [3.8, 4) is 33.4 Å². The molecule has 0 amide bonds. The Kier molecular flexibility index (Phi) is 5.38. The Morgan fingerprint density at radius 1 is 0.324 bits per heavy atom. The van der Waals surface area contributed by atoms with Crippen molar-refractivity contribution in [2.75, 3.05) is 0 Å². The maximum atomic E-state index is 3.60. The Balaban J connectivity index is 1.47. The van der Waals surface area contributed by atoms with Crippen molar-refractivity contribution in [2.24, 2.45) is 0 Å². The molecule has 7 aromatic rings. The number of fused-ring (bicyclic) bond motifs is 3. The molecule has 0 heterocycles. The Hall–Kier alpha value is -4.20. The topological polar surface area (TPSA) is 0 Å². The van der Waals surface area contributed by atoms with E-state index < -0.39 is 0 Å². The Morgan fingerprint density at radius 3 is 1.27 bits per heavy atom. The monoisotopic (exact) mass is 534 g/mol. The fourth-order valence-corrected chi connectivity index (χ4v) is 5.92. The first kappa shape index (κ1) is 22.0. The lowest BCUT2D eigenvalue weighted by atomic mass is 9.85. The van der Waals surface area contributed by atoms with Gasteiger partial charge in [0.2, 0.25) is 0 Å². The van der Waals surface area contributed by atoms with E-state index in [0.717, 1.165) is 4.47 Å². The highest BCUT2D eigenvalue weighted by Gasteiger charge is 2.16. The molecule has 0 bridgehead atoms. The van der Waals surface area contributed by atoms with Crippen LogP contribution in [0.25, 0.3) is 65.7 Å². The van der Waals surface area contributed by atoms with Gasteiger partial charge in [0.1, 0.15) is 0 Å². The third-order valence-electron chi connectivity index (χ3n) is 7.34. The standard InChI is InChI=1S/C36H23Br/c37-28-22-20-27(21-23-28)36-33-13-5-3-11-31(33)35(32-12-4-6-14-34(32)36)26-18-16-25(17-19-26)30-15-7-9-24-8-1-2-10-29(24)30/h1-23H. The summed E-state index contributed by atoms with van der Waals surface area (Å²) in [5.74, 6) is 0. The first-order chi connectivity index (χ1) is 18.3. The van der Waals surface area contributed by atoms with Crippen LogP contribution in [0.15, 0.2) is 144 Å². The summed E-state index contributed by atoms with van der Waals surface area (Å²) in [7, 11) is 0. The van der Waals surface area contributed by atoms with Crippen molar-refractivity contribution in [3.05, 3.63) is 144 Å². The number of hydrogen-bond donors (Lipinski definition) is 0. The minimum absolute atomic E-state index is 1.09. The summed E-state index contributed by atoms with van der Waals surface area (Å²) in [5, 5.41) is 7.65. The number of rotatable bonds is 3. The van der Waals surface area contributed by atoms with Crippen molar-refractivity contribution in [3.63, 3.8) is 0 Å². The van der Waals surface area contributed by atoms with E-state index in [0.29, 0.717) is 0 Å². The third-order valence-corrected chi connectivity index (χ3v) is 7.87. The van der Waals surface area contributed by atoms with Gasteiger partial charge in [0.05, 0.1) is 0 Å². The molecule has 0 unspecified atom stereocenters. The van der Waals surface area contributed by atoms with E-state index in [1.54, 1.807) is 0 Å². The average molecular weight is 535 g/mol. The molecule has 0 spiro atoms. The van der Waals surface area contributed by atoms with E-state index in [-0.39, 0.29) is 0 Å². The molecule has 174 valence electrons. The zero-order valence-corrected chi connectivity index (χ0v) is 21.7. The summed E-state index contributed by atoms with van der Waals surface area (Å²) in [6, 6.07) is 50.5. The lowest BCUT2D eigenvalue weighted by molar-refractivity contribution is 1.62. The van der Waals surface area contributed by atoms with Crippen LogP contribution in [0, 0.1) is 0 Å². The SMILES string of the molecule is Brc1ccc(-c2c3ccccc3c(-c3ccc(-c4cccc5ccccc45)cc3)c3ccccc23)cc1. The molecular weight excluding hydrogens is 512 g/mol. The van der Waals surface area contributed by atoms with Crippen LogP contribution in [0.4, 0.5) is 0 Å². The predicted molar refractivity (Wildman–Crippen MR) is 163 cm³/mol. The van der Waals surface area contributed by atoms with E-state index in [4.69, 9.17) is 0 Å². The molecule has 0 fully saturated rings. The predicted octanol–water partition coefficient (Wildman–Crippen LogP) is 10.9. The quantitative estimate of drug-likeness (QED) is 0.198. The summed E-state index contributed by atoms with van der Waals surface area (Å²) < 4.78 is 1.09. The normalized spacial score (nSPS) is 11.4. The minimum Gasteiger partial charge on any atom is -0.0616 e. The van der Waals surface area contributed by atoms with Gasteiger partial charge in [-0.05, 0) is 77.8 Å². The van der Waals surface area contributed by atoms with Gasteiger partial charge in [0.25, 0.3) is 0 Å². The highest BCUT2D eigenvalue weighted by Crippen LogP contribution is 2.44. The molecule has 0 N–H and O–H groups in total. The van der Waals surface area contributed by atoms with Crippen LogP contribution in [-0.4, -0.2) is 0 Å². The smallest absolute Gasteiger partial charge is 0.0175 e. The van der Waals surface area contributed by atoms with Crippen molar-refractivity contribution < 1.29 is 0 Å². The Labute approximate surface area is 225 Å². The molecule has 0 saturated carbocycles. The maximum Gasteiger partial charge on any atom is 0.0175 e. The van der Waals surface area contributed by atoms with Gasteiger partial charge in [-0.3, -0.25) is 0 Å². The van der Waals surface area contributed by atoms with E-state index >= 15 is 0 Å². The highest BCUT2D eigenvalue weighted by atomic mass is 79.9. The third kappa shape index (κ3) is 3.75. The summed E-state index contributed by atoms with van der Waals surface area (Å²) in [6.07, 6.45) is 0. The molecule has 0 atom stereocenters. The number of halogens is 1. The van der Waals surface area contributed by atoms with Crippen LogP contribution >= 0.6 is 15.9 Å². The van der Waals surface area contributed by atoms with Crippen molar-refractivity contribution in [1.29, 1.82) is 0 Å². The van der Waals surface area contributed by atoms with Gasteiger partial charge in [-0.1, -0.05) is 143 Å². The summed E-state index contributed by atoms with van der Waals surface area (Å²) >= 11 is 3.60. The van der Waals surface area contributed by atoms with Crippen LogP contribution in [0.1, 0.15) is 0 Å². The minimum atomic E-state index is 1.09. The van der Waals surface area contributed by atoms with Crippen molar-refractivity contribution in [1.82, 2.24) is 0 Å². The molecule has 0 saturated heterocycles. The number of benzene rings is 7. The lowest BCUT2D eigenvalue weighted by Crippen LogP contribution is -1.91. The Bertz CT molecular complexity index is 1850. The fraction of sp³-hybridized carbons (Fsp3) is 0. The van der Waals surface area contributed by atoms with E-state index in [1.165, 1.54) is 65.7 Å². The first-order valence-corrected chi connectivity index (χ1v) is 13.4. The summed E-state index contributed by atoms with van der Waals surface area (Å²) in [5.41, 5.74) is 7.55. The molecule has 0 aliphatic carbocycles. The van der Waals surface area contributed by atoms with E-state index in [2.05, 4.69) is 155 Å². The summed E-state index contributed by atoms with van der Waals surface area (Å²) in [4.78, 5) is 0. The molecule has 7 rings (SSSR count). The van der Waals surface area contributed by atoms with Gasteiger partial charge in [0, 0.05) is 4.47 Å². The van der Waals surface area contributed by atoms with E-state index in [1.807, 2.05) is 0 Å². The second kappa shape index (κ2) is 9.03. The molecule has 0 nitrogen and oxygen atoms in total. The largest absolute Gasteiger partial charge is 0.0616 e. The zero-order chi connectivity index (χ0) is 24.8. The number of hydrogen-bond acceptors (Lipinski definition) is 0. The van der Waals surface area contributed by atoms with Crippen LogP contribution < -0.4 is 0 Å². The van der Waals surface area contributed by atoms with Crippen LogP contribution in [0.5, 0.6) is 0 Å². The van der Waals surface area contributed by atoms with Gasteiger partial charge in [-0.2, -0.15) is 0 Å². The Morgan fingerprint density at radius 2 is 0.730 bits per heavy atom. The second-order valence-corrected chi connectivity index (χ2v) is 10.4. The van der Waals surface area contributed by atoms with Crippen LogP contribution in [0.2, 0.25) is 0 Å². The van der Waals surface area contributed by atoms with Gasteiger partial charge < -0.3 is 0 Å². The van der Waals surface area contributed by atoms with E-state index in [9.17, 15) is 0 Å². The van der Waals surface area contributed by atoms with Gasteiger partial charge in [-0.25, -0.2) is 0 Å². The molecule has 0 aliphatic heterocycles. The molecule has 0 aliphatic rings. The molecular formula is C36H23Br. The molecule has 1 heteroatoms. The maximum absolute atomic E-state index is 3.60. The molecule has 7 aromatic carbocycles. The molecule has 37 heavy (non-hydrogen) atoms. The van der Waals surface area contributed by atoms with Crippen LogP contribution in [0.3, 0.4) is 0 Å². The lowest BCUT2D eigenvalue weighted by Gasteiger charge is -2.18. The summed E-state index contributed by atoms with van der Waals surface area (Å²) in [6.45, 7) is 0. The fourth-order valence-electron chi connectivity index (χ4n) is 5.66. The van der Waals surface area contributed by atoms with Gasteiger partial charge in [0.15, 0.2) is 0 Å². The average Bonchev–Trinajstić information content (AvgIpc) is 2.96.